The molecule has 0 fully saturated rings. The van der Waals surface area contributed by atoms with Crippen LogP contribution in [0.1, 0.15) is 22.3 Å². The Kier molecular flexibility index (Phi) is 4.91. The fourth-order valence-electron chi connectivity index (χ4n) is 2.24. The number of ketones is 1. The summed E-state index contributed by atoms with van der Waals surface area (Å²) in [6.45, 7) is 1.96. The molecule has 0 aliphatic carbocycles. The molecular formula is C19H17NO3S. The number of methoxy groups -OCH3 is 1. The number of hydrogen-bond acceptors (Lipinski definition) is 5. The Bertz CT molecular complexity index is 843. The van der Waals surface area contributed by atoms with Crippen molar-refractivity contribution in [3.05, 3.63) is 65.3 Å². The molecule has 3 rings (SSSR count). The monoisotopic (exact) mass is 339 g/mol. The molecule has 3 aromatic rings. The van der Waals surface area contributed by atoms with E-state index in [1.54, 1.807) is 20.2 Å². The van der Waals surface area contributed by atoms with Gasteiger partial charge in [0, 0.05) is 17.1 Å². The molecule has 0 N–H and O–H groups in total. The minimum Gasteiger partial charge on any atom is -0.497 e. The SMILES string of the molecule is COc1cc(OCc2ccccn2)cc(-c2ccc(C(C)=O)s2)c1. The van der Waals surface area contributed by atoms with Crippen LogP contribution in [0.15, 0.2) is 54.7 Å². The Morgan fingerprint density at radius 3 is 2.62 bits per heavy atom. The Balaban J connectivity index is 1.85. The van der Waals surface area contributed by atoms with Crippen LogP contribution >= 0.6 is 11.3 Å². The van der Waals surface area contributed by atoms with Gasteiger partial charge in [0.15, 0.2) is 5.78 Å². The highest BCUT2D eigenvalue weighted by Crippen LogP contribution is 2.34. The van der Waals surface area contributed by atoms with E-state index in [0.29, 0.717) is 18.1 Å². The second-order valence-corrected chi connectivity index (χ2v) is 6.31. The van der Waals surface area contributed by atoms with Gasteiger partial charge < -0.3 is 9.47 Å². The van der Waals surface area contributed by atoms with Crippen LogP contribution in [0.3, 0.4) is 0 Å². The Labute approximate surface area is 144 Å². The number of Topliss-reactive ketones (excluding diaryl/α,β-unsaturated/α-hetero) is 1. The van der Waals surface area contributed by atoms with E-state index in [4.69, 9.17) is 9.47 Å². The molecule has 1 aromatic carbocycles. The van der Waals surface area contributed by atoms with E-state index in [-0.39, 0.29) is 5.78 Å². The van der Waals surface area contributed by atoms with E-state index < -0.39 is 0 Å². The molecule has 2 aromatic heterocycles. The molecule has 0 saturated heterocycles. The number of hydrogen-bond donors (Lipinski definition) is 0. The minimum absolute atomic E-state index is 0.0702. The molecule has 0 atom stereocenters. The normalized spacial score (nSPS) is 10.4. The van der Waals surface area contributed by atoms with Crippen molar-refractivity contribution >= 4 is 17.1 Å². The topological polar surface area (TPSA) is 48.4 Å². The highest BCUT2D eigenvalue weighted by atomic mass is 32.1. The van der Waals surface area contributed by atoms with Gasteiger partial charge in [-0.15, -0.1) is 11.3 Å². The molecule has 5 heteroatoms. The van der Waals surface area contributed by atoms with Gasteiger partial charge >= 0.3 is 0 Å². The third kappa shape index (κ3) is 3.81. The molecule has 0 spiro atoms. The summed E-state index contributed by atoms with van der Waals surface area (Å²) in [6.07, 6.45) is 1.74. The first-order valence-corrected chi connectivity index (χ1v) is 8.30. The molecule has 0 saturated carbocycles. The summed E-state index contributed by atoms with van der Waals surface area (Å²) in [7, 11) is 1.62. The Hall–Kier alpha value is -2.66. The molecule has 122 valence electrons. The van der Waals surface area contributed by atoms with Crippen molar-refractivity contribution in [2.24, 2.45) is 0 Å². The second-order valence-electron chi connectivity index (χ2n) is 5.23. The zero-order valence-electron chi connectivity index (χ0n) is 13.5. The van der Waals surface area contributed by atoms with Gasteiger partial charge in [-0.05, 0) is 48.9 Å². The number of aromatic nitrogens is 1. The lowest BCUT2D eigenvalue weighted by atomic mass is 10.1. The number of rotatable bonds is 6. The molecule has 0 unspecified atom stereocenters. The third-order valence-electron chi connectivity index (χ3n) is 3.47. The van der Waals surface area contributed by atoms with E-state index in [0.717, 1.165) is 21.0 Å². The number of carbonyl (C=O) groups is 1. The van der Waals surface area contributed by atoms with Gasteiger partial charge in [0.1, 0.15) is 18.1 Å². The average molecular weight is 339 g/mol. The zero-order valence-corrected chi connectivity index (χ0v) is 14.3. The predicted molar refractivity (Wildman–Crippen MR) is 94.9 cm³/mol. The van der Waals surface area contributed by atoms with Gasteiger partial charge in [0.2, 0.25) is 0 Å². The third-order valence-corrected chi connectivity index (χ3v) is 4.70. The first-order chi connectivity index (χ1) is 11.7. The van der Waals surface area contributed by atoms with Gasteiger partial charge in [-0.1, -0.05) is 6.07 Å². The molecule has 24 heavy (non-hydrogen) atoms. The van der Waals surface area contributed by atoms with Crippen LogP contribution in [-0.2, 0) is 6.61 Å². The van der Waals surface area contributed by atoms with Gasteiger partial charge in [0.05, 0.1) is 17.7 Å². The van der Waals surface area contributed by atoms with Gasteiger partial charge in [-0.25, -0.2) is 0 Å². The second kappa shape index (κ2) is 7.27. The molecule has 4 nitrogen and oxygen atoms in total. The maximum atomic E-state index is 11.5. The van der Waals surface area contributed by atoms with Crippen molar-refractivity contribution in [3.8, 4) is 21.9 Å². The van der Waals surface area contributed by atoms with Crippen molar-refractivity contribution in [3.63, 3.8) is 0 Å². The van der Waals surface area contributed by atoms with Crippen molar-refractivity contribution in [2.75, 3.05) is 7.11 Å². The van der Waals surface area contributed by atoms with Crippen LogP contribution in [-0.4, -0.2) is 17.9 Å². The number of carbonyl (C=O) groups excluding carboxylic acids is 1. The van der Waals surface area contributed by atoms with Crippen LogP contribution in [0.2, 0.25) is 0 Å². The largest absolute Gasteiger partial charge is 0.497 e. The lowest BCUT2D eigenvalue weighted by Gasteiger charge is -2.10. The van der Waals surface area contributed by atoms with Crippen LogP contribution in [0, 0.1) is 0 Å². The fourth-order valence-corrected chi connectivity index (χ4v) is 3.13. The number of ether oxygens (including phenoxy) is 2. The smallest absolute Gasteiger partial charge is 0.169 e. The quantitative estimate of drug-likeness (QED) is 0.616. The molecule has 0 radical (unpaired) electrons. The summed E-state index contributed by atoms with van der Waals surface area (Å²) in [5.41, 5.74) is 1.82. The maximum Gasteiger partial charge on any atom is 0.169 e. The fraction of sp³-hybridized carbons (Fsp3) is 0.158. The summed E-state index contributed by atoms with van der Waals surface area (Å²) in [6, 6.07) is 15.2. The maximum absolute atomic E-state index is 11.5. The number of pyridine rings is 1. The Morgan fingerprint density at radius 2 is 1.96 bits per heavy atom. The van der Waals surface area contributed by atoms with E-state index >= 15 is 0 Å². The average Bonchev–Trinajstić information content (AvgIpc) is 3.11. The standard InChI is InChI=1S/C19H17NO3S/c1-13(21)18-6-7-19(24-18)14-9-16(22-2)11-17(10-14)23-12-15-5-3-4-8-20-15/h3-11H,12H2,1-2H3. The van der Waals surface area contributed by atoms with Crippen molar-refractivity contribution in [1.82, 2.24) is 4.98 Å². The summed E-state index contributed by atoms with van der Waals surface area (Å²) in [4.78, 5) is 17.5. The number of benzene rings is 1. The molecule has 0 aliphatic heterocycles. The lowest BCUT2D eigenvalue weighted by molar-refractivity contribution is 0.102. The summed E-state index contributed by atoms with van der Waals surface area (Å²) < 4.78 is 11.2. The van der Waals surface area contributed by atoms with Gasteiger partial charge in [-0.3, -0.25) is 9.78 Å². The molecule has 2 heterocycles. The molecule has 0 bridgehead atoms. The summed E-state index contributed by atoms with van der Waals surface area (Å²) >= 11 is 1.46. The molecule has 0 aliphatic rings. The Morgan fingerprint density at radius 1 is 1.12 bits per heavy atom. The van der Waals surface area contributed by atoms with E-state index in [2.05, 4.69) is 4.98 Å². The molecular weight excluding hydrogens is 322 g/mol. The minimum atomic E-state index is 0.0702. The first kappa shape index (κ1) is 16.2. The van der Waals surface area contributed by atoms with Crippen LogP contribution < -0.4 is 9.47 Å². The van der Waals surface area contributed by atoms with Gasteiger partial charge in [-0.2, -0.15) is 0 Å². The van der Waals surface area contributed by atoms with Crippen molar-refractivity contribution < 1.29 is 14.3 Å². The van der Waals surface area contributed by atoms with Crippen molar-refractivity contribution in [2.45, 2.75) is 13.5 Å². The van der Waals surface area contributed by atoms with E-state index in [9.17, 15) is 4.79 Å². The summed E-state index contributed by atoms with van der Waals surface area (Å²) in [5, 5.41) is 0. The highest BCUT2D eigenvalue weighted by molar-refractivity contribution is 7.17. The van der Waals surface area contributed by atoms with Crippen LogP contribution in [0.5, 0.6) is 11.5 Å². The lowest BCUT2D eigenvalue weighted by Crippen LogP contribution is -1.98. The summed E-state index contributed by atoms with van der Waals surface area (Å²) in [5.74, 6) is 1.48. The van der Waals surface area contributed by atoms with Crippen LogP contribution in [0.4, 0.5) is 0 Å². The predicted octanol–water partition coefficient (Wildman–Crippen LogP) is 4.60. The molecule has 0 amide bonds. The highest BCUT2D eigenvalue weighted by Gasteiger charge is 2.10. The number of thiophene rings is 1. The van der Waals surface area contributed by atoms with Gasteiger partial charge in [0.25, 0.3) is 0 Å². The van der Waals surface area contributed by atoms with Crippen LogP contribution in [0.25, 0.3) is 10.4 Å². The van der Waals surface area contributed by atoms with E-state index in [1.165, 1.54) is 11.3 Å². The zero-order chi connectivity index (χ0) is 16.9. The van der Waals surface area contributed by atoms with Crippen molar-refractivity contribution in [1.29, 1.82) is 0 Å². The van der Waals surface area contributed by atoms with E-state index in [1.807, 2.05) is 48.5 Å². The number of nitrogens with zero attached hydrogens (tertiary/aromatic N) is 1. The first-order valence-electron chi connectivity index (χ1n) is 7.48.